The summed E-state index contributed by atoms with van der Waals surface area (Å²) < 4.78 is 1.91. The van der Waals surface area contributed by atoms with Crippen LogP contribution in [-0.2, 0) is 26.6 Å². The molecule has 3 rings (SSSR count). The van der Waals surface area contributed by atoms with Gasteiger partial charge < -0.3 is 10.6 Å². The fourth-order valence-corrected chi connectivity index (χ4v) is 2.63. The second-order valence-corrected chi connectivity index (χ2v) is 5.03. The molecular weight excluding hydrogens is 236 g/mol. The highest BCUT2D eigenvalue weighted by Crippen LogP contribution is 2.25. The Bertz CT molecular complexity index is 559. The Labute approximate surface area is 113 Å². The summed E-state index contributed by atoms with van der Waals surface area (Å²) in [7, 11) is 1.98. The van der Waals surface area contributed by atoms with E-state index in [1.54, 1.807) is 0 Å². The van der Waals surface area contributed by atoms with E-state index in [-0.39, 0.29) is 0 Å². The third-order valence-corrected chi connectivity index (χ3v) is 3.71. The van der Waals surface area contributed by atoms with Crippen molar-refractivity contribution in [3.8, 4) is 0 Å². The highest BCUT2D eigenvalue weighted by atomic mass is 15.3. The standard InChI is InChI=1S/C15H20N4/c1-19-14(7-9-18-19)11-16-10-13-5-2-4-12-6-3-8-17-15(12)13/h2,4-5,7,9,16-17H,3,6,8,10-11H2,1H3. The van der Waals surface area contributed by atoms with Gasteiger partial charge in [-0.2, -0.15) is 5.10 Å². The molecule has 19 heavy (non-hydrogen) atoms. The number of fused-ring (bicyclic) bond motifs is 1. The fourth-order valence-electron chi connectivity index (χ4n) is 2.63. The Morgan fingerprint density at radius 1 is 1.32 bits per heavy atom. The van der Waals surface area contributed by atoms with Gasteiger partial charge in [-0.25, -0.2) is 0 Å². The summed E-state index contributed by atoms with van der Waals surface area (Å²) in [4.78, 5) is 0. The number of anilines is 1. The number of hydrogen-bond donors (Lipinski definition) is 2. The van der Waals surface area contributed by atoms with Gasteiger partial charge in [-0.1, -0.05) is 18.2 Å². The lowest BCUT2D eigenvalue weighted by atomic mass is 9.99. The van der Waals surface area contributed by atoms with E-state index >= 15 is 0 Å². The number of aromatic nitrogens is 2. The Kier molecular flexibility index (Phi) is 3.51. The quantitative estimate of drug-likeness (QED) is 0.880. The van der Waals surface area contributed by atoms with Gasteiger partial charge >= 0.3 is 0 Å². The number of nitrogens with zero attached hydrogens (tertiary/aromatic N) is 2. The van der Waals surface area contributed by atoms with E-state index in [0.29, 0.717) is 0 Å². The van der Waals surface area contributed by atoms with Crippen molar-refractivity contribution >= 4 is 5.69 Å². The van der Waals surface area contributed by atoms with Crippen molar-refractivity contribution in [1.82, 2.24) is 15.1 Å². The summed E-state index contributed by atoms with van der Waals surface area (Å²) in [6.07, 6.45) is 4.26. The fraction of sp³-hybridized carbons (Fsp3) is 0.400. The number of benzene rings is 1. The second kappa shape index (κ2) is 5.45. The van der Waals surface area contributed by atoms with Crippen LogP contribution >= 0.6 is 0 Å². The van der Waals surface area contributed by atoms with E-state index in [9.17, 15) is 0 Å². The molecule has 4 heteroatoms. The Balaban J connectivity index is 1.66. The lowest BCUT2D eigenvalue weighted by molar-refractivity contribution is 0.625. The third kappa shape index (κ3) is 2.63. The van der Waals surface area contributed by atoms with Crippen molar-refractivity contribution in [2.45, 2.75) is 25.9 Å². The predicted octanol–water partition coefficient (Wildman–Crippen LogP) is 2.07. The minimum atomic E-state index is 0.847. The summed E-state index contributed by atoms with van der Waals surface area (Å²) in [5, 5.41) is 11.2. The van der Waals surface area contributed by atoms with E-state index in [4.69, 9.17) is 0 Å². The molecule has 0 aliphatic carbocycles. The van der Waals surface area contributed by atoms with E-state index in [2.05, 4.69) is 33.9 Å². The van der Waals surface area contributed by atoms with Crippen molar-refractivity contribution in [2.75, 3.05) is 11.9 Å². The average Bonchev–Trinajstić information content (AvgIpc) is 2.85. The molecule has 0 radical (unpaired) electrons. The molecule has 1 aromatic carbocycles. The molecule has 100 valence electrons. The maximum atomic E-state index is 4.18. The van der Waals surface area contributed by atoms with Gasteiger partial charge in [0.05, 0.1) is 5.69 Å². The zero-order valence-electron chi connectivity index (χ0n) is 11.3. The van der Waals surface area contributed by atoms with Crippen LogP contribution in [0.25, 0.3) is 0 Å². The van der Waals surface area contributed by atoms with Crippen LogP contribution in [0.3, 0.4) is 0 Å². The molecule has 0 saturated carbocycles. The van der Waals surface area contributed by atoms with Crippen LogP contribution < -0.4 is 10.6 Å². The summed E-state index contributed by atoms with van der Waals surface area (Å²) in [6.45, 7) is 2.83. The van der Waals surface area contributed by atoms with Crippen LogP contribution in [-0.4, -0.2) is 16.3 Å². The number of aryl methyl sites for hydroxylation is 2. The van der Waals surface area contributed by atoms with Gasteiger partial charge in [0.2, 0.25) is 0 Å². The molecule has 2 N–H and O–H groups in total. The van der Waals surface area contributed by atoms with Crippen molar-refractivity contribution < 1.29 is 0 Å². The van der Waals surface area contributed by atoms with Crippen molar-refractivity contribution in [3.63, 3.8) is 0 Å². The molecule has 0 amide bonds. The van der Waals surface area contributed by atoms with Crippen LogP contribution in [0.4, 0.5) is 5.69 Å². The van der Waals surface area contributed by atoms with E-state index in [1.807, 2.05) is 24.0 Å². The van der Waals surface area contributed by atoms with Crippen molar-refractivity contribution in [1.29, 1.82) is 0 Å². The molecule has 1 aliphatic heterocycles. The molecule has 0 unspecified atom stereocenters. The van der Waals surface area contributed by atoms with Gasteiger partial charge in [0.1, 0.15) is 0 Å². The van der Waals surface area contributed by atoms with Gasteiger partial charge in [0.25, 0.3) is 0 Å². The molecule has 0 spiro atoms. The van der Waals surface area contributed by atoms with Crippen LogP contribution in [0.2, 0.25) is 0 Å². The smallest absolute Gasteiger partial charge is 0.0518 e. The lowest BCUT2D eigenvalue weighted by Crippen LogP contribution is -2.19. The maximum absolute atomic E-state index is 4.18. The van der Waals surface area contributed by atoms with E-state index < -0.39 is 0 Å². The minimum Gasteiger partial charge on any atom is -0.385 e. The second-order valence-electron chi connectivity index (χ2n) is 5.03. The highest BCUT2D eigenvalue weighted by molar-refractivity contribution is 5.59. The minimum absolute atomic E-state index is 0.847. The van der Waals surface area contributed by atoms with Crippen LogP contribution in [0.5, 0.6) is 0 Å². The monoisotopic (exact) mass is 256 g/mol. The number of rotatable bonds is 4. The SMILES string of the molecule is Cn1nccc1CNCc1cccc2c1NCCC2. The van der Waals surface area contributed by atoms with Gasteiger partial charge in [0, 0.05) is 38.6 Å². The van der Waals surface area contributed by atoms with Gasteiger partial charge in [-0.15, -0.1) is 0 Å². The Morgan fingerprint density at radius 3 is 3.11 bits per heavy atom. The Morgan fingerprint density at radius 2 is 2.26 bits per heavy atom. The highest BCUT2D eigenvalue weighted by Gasteiger charge is 2.11. The lowest BCUT2D eigenvalue weighted by Gasteiger charge is -2.21. The van der Waals surface area contributed by atoms with Gasteiger partial charge in [-0.05, 0) is 30.0 Å². The Hall–Kier alpha value is -1.81. The van der Waals surface area contributed by atoms with Crippen molar-refractivity contribution in [2.24, 2.45) is 7.05 Å². The molecule has 0 atom stereocenters. The maximum Gasteiger partial charge on any atom is 0.0518 e. The van der Waals surface area contributed by atoms with Crippen molar-refractivity contribution in [3.05, 3.63) is 47.3 Å². The molecule has 2 aromatic rings. The largest absolute Gasteiger partial charge is 0.385 e. The first-order valence-corrected chi connectivity index (χ1v) is 6.87. The van der Waals surface area contributed by atoms with E-state index in [0.717, 1.165) is 19.6 Å². The molecule has 0 fully saturated rings. The normalized spacial score (nSPS) is 13.9. The zero-order chi connectivity index (χ0) is 13.1. The zero-order valence-corrected chi connectivity index (χ0v) is 11.3. The first-order chi connectivity index (χ1) is 9.34. The summed E-state index contributed by atoms with van der Waals surface area (Å²) >= 11 is 0. The molecular formula is C15H20N4. The van der Waals surface area contributed by atoms with Crippen LogP contribution in [0, 0.1) is 0 Å². The average molecular weight is 256 g/mol. The summed E-state index contributed by atoms with van der Waals surface area (Å²) in [6, 6.07) is 8.64. The van der Waals surface area contributed by atoms with Gasteiger partial charge in [-0.3, -0.25) is 4.68 Å². The van der Waals surface area contributed by atoms with Crippen LogP contribution in [0.1, 0.15) is 23.2 Å². The van der Waals surface area contributed by atoms with Gasteiger partial charge in [0.15, 0.2) is 0 Å². The molecule has 1 aliphatic rings. The third-order valence-electron chi connectivity index (χ3n) is 3.71. The summed E-state index contributed by atoms with van der Waals surface area (Å²) in [5.74, 6) is 0. The molecule has 1 aromatic heterocycles. The first-order valence-electron chi connectivity index (χ1n) is 6.87. The summed E-state index contributed by atoms with van der Waals surface area (Å²) in [5.41, 5.74) is 5.36. The van der Waals surface area contributed by atoms with E-state index in [1.165, 1.54) is 35.3 Å². The first kappa shape index (κ1) is 12.2. The predicted molar refractivity (Wildman–Crippen MR) is 77.0 cm³/mol. The number of hydrogen-bond acceptors (Lipinski definition) is 3. The number of nitrogens with one attached hydrogen (secondary N) is 2. The molecule has 2 heterocycles. The number of para-hydroxylation sites is 1. The molecule has 4 nitrogen and oxygen atoms in total. The molecule has 0 bridgehead atoms. The molecule has 0 saturated heterocycles. The van der Waals surface area contributed by atoms with Crippen LogP contribution in [0.15, 0.2) is 30.5 Å². The topological polar surface area (TPSA) is 41.9 Å².